The first-order valence-electron chi connectivity index (χ1n) is 5.65. The molecule has 0 radical (unpaired) electrons. The molecule has 0 fully saturated rings. The Morgan fingerprint density at radius 3 is 2.56 bits per heavy atom. The van der Waals surface area contributed by atoms with Gasteiger partial charge < -0.3 is 5.32 Å². The second-order valence-electron chi connectivity index (χ2n) is 4.41. The molecule has 0 aliphatic carbocycles. The van der Waals surface area contributed by atoms with Crippen LogP contribution >= 0.6 is 27.5 Å². The summed E-state index contributed by atoms with van der Waals surface area (Å²) >= 11 is 9.60. The fourth-order valence-corrected chi connectivity index (χ4v) is 2.61. The minimum atomic E-state index is 0.555. The van der Waals surface area contributed by atoms with Crippen LogP contribution in [0.1, 0.15) is 25.8 Å². The summed E-state index contributed by atoms with van der Waals surface area (Å²) in [6.45, 7) is 4.48. The molecule has 1 nitrogen and oxygen atoms in total. The molecular weight excluding hydrogens is 286 g/mol. The number of nitrogens with one attached hydrogen (secondary N) is 1. The van der Waals surface area contributed by atoms with E-state index in [2.05, 4.69) is 41.2 Å². The van der Waals surface area contributed by atoms with Crippen LogP contribution < -0.4 is 5.32 Å². The van der Waals surface area contributed by atoms with E-state index in [1.807, 2.05) is 19.2 Å². The molecule has 1 N–H and O–H groups in total. The van der Waals surface area contributed by atoms with Gasteiger partial charge in [-0.2, -0.15) is 0 Å². The van der Waals surface area contributed by atoms with Crippen molar-refractivity contribution >= 4 is 27.5 Å². The highest BCUT2D eigenvalue weighted by atomic mass is 79.9. The maximum Gasteiger partial charge on any atom is 0.0449 e. The SMILES string of the molecule is CNC(CCc1ccc(Br)cc1Cl)C(C)C. The predicted octanol–water partition coefficient (Wildman–Crippen LogP) is 4.28. The third-order valence-electron chi connectivity index (χ3n) is 2.92. The van der Waals surface area contributed by atoms with Crippen molar-refractivity contribution in [1.29, 1.82) is 0 Å². The van der Waals surface area contributed by atoms with Gasteiger partial charge in [-0.15, -0.1) is 0 Å². The molecule has 0 amide bonds. The van der Waals surface area contributed by atoms with Crippen molar-refractivity contribution < 1.29 is 0 Å². The first kappa shape index (κ1) is 14.0. The fraction of sp³-hybridized carbons (Fsp3) is 0.538. The summed E-state index contributed by atoms with van der Waals surface area (Å²) in [6.07, 6.45) is 2.14. The number of hydrogen-bond acceptors (Lipinski definition) is 1. The summed E-state index contributed by atoms with van der Waals surface area (Å²) in [7, 11) is 2.02. The summed E-state index contributed by atoms with van der Waals surface area (Å²) in [5.74, 6) is 0.652. The van der Waals surface area contributed by atoms with Crippen LogP contribution in [0, 0.1) is 5.92 Å². The van der Waals surface area contributed by atoms with Crippen molar-refractivity contribution in [1.82, 2.24) is 5.32 Å². The standard InChI is InChI=1S/C13H19BrClN/c1-9(2)13(16-3)7-5-10-4-6-11(14)8-12(10)15/h4,6,8-9,13,16H,5,7H2,1-3H3. The van der Waals surface area contributed by atoms with Gasteiger partial charge in [0.2, 0.25) is 0 Å². The summed E-state index contributed by atoms with van der Waals surface area (Å²) in [4.78, 5) is 0. The van der Waals surface area contributed by atoms with Gasteiger partial charge in [0.25, 0.3) is 0 Å². The minimum absolute atomic E-state index is 0.555. The van der Waals surface area contributed by atoms with Gasteiger partial charge in [0, 0.05) is 15.5 Å². The highest BCUT2D eigenvalue weighted by Gasteiger charge is 2.11. The van der Waals surface area contributed by atoms with Crippen molar-refractivity contribution in [2.24, 2.45) is 5.92 Å². The highest BCUT2D eigenvalue weighted by molar-refractivity contribution is 9.10. The Morgan fingerprint density at radius 1 is 1.38 bits per heavy atom. The van der Waals surface area contributed by atoms with Crippen molar-refractivity contribution in [2.75, 3.05) is 7.05 Å². The van der Waals surface area contributed by atoms with Crippen LogP contribution in [0.5, 0.6) is 0 Å². The van der Waals surface area contributed by atoms with Crippen LogP contribution in [0.15, 0.2) is 22.7 Å². The van der Waals surface area contributed by atoms with Crippen molar-refractivity contribution in [3.8, 4) is 0 Å². The maximum absolute atomic E-state index is 6.19. The Morgan fingerprint density at radius 2 is 2.06 bits per heavy atom. The first-order chi connectivity index (χ1) is 7.54. The largest absolute Gasteiger partial charge is 0.317 e. The monoisotopic (exact) mass is 303 g/mol. The zero-order valence-corrected chi connectivity index (χ0v) is 12.4. The molecule has 0 bridgehead atoms. The van der Waals surface area contributed by atoms with Gasteiger partial charge in [0.1, 0.15) is 0 Å². The molecule has 90 valence electrons. The summed E-state index contributed by atoms with van der Waals surface area (Å²) < 4.78 is 1.04. The summed E-state index contributed by atoms with van der Waals surface area (Å²) in [6, 6.07) is 6.66. The minimum Gasteiger partial charge on any atom is -0.317 e. The van der Waals surface area contributed by atoms with E-state index in [0.717, 1.165) is 22.3 Å². The van der Waals surface area contributed by atoms with Crippen LogP contribution in [0.3, 0.4) is 0 Å². The smallest absolute Gasteiger partial charge is 0.0449 e. The van der Waals surface area contributed by atoms with Crippen LogP contribution in [0.25, 0.3) is 0 Å². The molecule has 0 spiro atoms. The van der Waals surface area contributed by atoms with Crippen molar-refractivity contribution in [3.63, 3.8) is 0 Å². The average molecular weight is 305 g/mol. The fourth-order valence-electron chi connectivity index (χ4n) is 1.85. The Bertz CT molecular complexity index is 339. The lowest BCUT2D eigenvalue weighted by molar-refractivity contribution is 0.403. The predicted molar refractivity (Wildman–Crippen MR) is 75.2 cm³/mol. The Hall–Kier alpha value is -0.0500. The van der Waals surface area contributed by atoms with Gasteiger partial charge in [0.05, 0.1) is 0 Å². The first-order valence-corrected chi connectivity index (χ1v) is 6.83. The molecule has 0 aliphatic rings. The van der Waals surface area contributed by atoms with Gasteiger partial charge in [-0.25, -0.2) is 0 Å². The maximum atomic E-state index is 6.19. The van der Waals surface area contributed by atoms with Crippen molar-refractivity contribution in [3.05, 3.63) is 33.3 Å². The van der Waals surface area contributed by atoms with E-state index in [4.69, 9.17) is 11.6 Å². The molecule has 1 aromatic rings. The number of rotatable bonds is 5. The molecule has 1 unspecified atom stereocenters. The number of hydrogen-bond donors (Lipinski definition) is 1. The topological polar surface area (TPSA) is 12.0 Å². The second-order valence-corrected chi connectivity index (χ2v) is 5.74. The summed E-state index contributed by atoms with van der Waals surface area (Å²) in [5.41, 5.74) is 1.23. The van der Waals surface area contributed by atoms with E-state index in [9.17, 15) is 0 Å². The third kappa shape index (κ3) is 4.08. The van der Waals surface area contributed by atoms with Gasteiger partial charge in [-0.1, -0.05) is 47.4 Å². The molecule has 16 heavy (non-hydrogen) atoms. The van der Waals surface area contributed by atoms with Gasteiger partial charge in [-0.3, -0.25) is 0 Å². The normalized spacial score (nSPS) is 13.1. The molecule has 3 heteroatoms. The van der Waals surface area contributed by atoms with E-state index in [-0.39, 0.29) is 0 Å². The molecule has 0 saturated heterocycles. The van der Waals surface area contributed by atoms with Crippen LogP contribution in [-0.2, 0) is 6.42 Å². The molecule has 1 atom stereocenters. The van der Waals surface area contributed by atoms with E-state index in [1.165, 1.54) is 5.56 Å². The lowest BCUT2D eigenvalue weighted by Crippen LogP contribution is -2.31. The molecule has 1 rings (SSSR count). The number of aryl methyl sites for hydroxylation is 1. The van der Waals surface area contributed by atoms with Crippen LogP contribution in [0.2, 0.25) is 5.02 Å². The quantitative estimate of drug-likeness (QED) is 0.856. The Kier molecular flexibility index (Phi) is 5.81. The van der Waals surface area contributed by atoms with Gasteiger partial charge in [0.15, 0.2) is 0 Å². The van der Waals surface area contributed by atoms with Crippen molar-refractivity contribution in [2.45, 2.75) is 32.7 Å². The lowest BCUT2D eigenvalue weighted by Gasteiger charge is -2.20. The average Bonchev–Trinajstić information content (AvgIpc) is 2.21. The van der Waals surface area contributed by atoms with Gasteiger partial charge >= 0.3 is 0 Å². The summed E-state index contributed by atoms with van der Waals surface area (Å²) in [5, 5.41) is 4.20. The highest BCUT2D eigenvalue weighted by Crippen LogP contribution is 2.23. The molecule has 0 heterocycles. The number of halogens is 2. The Labute approximate surface area is 112 Å². The van der Waals surface area contributed by atoms with Gasteiger partial charge in [-0.05, 0) is 43.5 Å². The number of benzene rings is 1. The van der Waals surface area contributed by atoms with E-state index < -0.39 is 0 Å². The molecule has 0 saturated carbocycles. The van der Waals surface area contributed by atoms with Crippen LogP contribution in [0.4, 0.5) is 0 Å². The Balaban J connectivity index is 2.60. The lowest BCUT2D eigenvalue weighted by atomic mass is 9.97. The molecule has 0 aromatic heterocycles. The van der Waals surface area contributed by atoms with E-state index in [0.29, 0.717) is 12.0 Å². The van der Waals surface area contributed by atoms with Crippen LogP contribution in [-0.4, -0.2) is 13.1 Å². The third-order valence-corrected chi connectivity index (χ3v) is 3.76. The zero-order chi connectivity index (χ0) is 12.1. The zero-order valence-electron chi connectivity index (χ0n) is 10.1. The molecule has 0 aliphatic heterocycles. The van der Waals surface area contributed by atoms with E-state index >= 15 is 0 Å². The van der Waals surface area contributed by atoms with E-state index in [1.54, 1.807) is 0 Å². The second kappa shape index (κ2) is 6.63. The molecular formula is C13H19BrClN. The molecule has 1 aromatic carbocycles.